The van der Waals surface area contributed by atoms with E-state index in [1.807, 2.05) is 36.4 Å². The number of phenols is 1. The summed E-state index contributed by atoms with van der Waals surface area (Å²) in [4.78, 5) is 16.3. The van der Waals surface area contributed by atoms with Gasteiger partial charge in [0.15, 0.2) is 23.4 Å². The number of phenolic OH excluding ortho intramolecular Hbond substituents is 1. The number of hydrogen-bond acceptors (Lipinski definition) is 5. The molecule has 0 amide bonds. The highest BCUT2D eigenvalue weighted by Gasteiger charge is 2.75. The van der Waals surface area contributed by atoms with Crippen molar-refractivity contribution < 1.29 is 19.7 Å². The Balaban J connectivity index is 1.47. The summed E-state index contributed by atoms with van der Waals surface area (Å²) in [6.45, 7) is 0.870. The van der Waals surface area contributed by atoms with Gasteiger partial charge in [0.05, 0.1) is 11.0 Å². The number of carbonyl (C=O) groups excluding carboxylic acids is 1. The first kappa shape index (κ1) is 17.3. The van der Waals surface area contributed by atoms with Gasteiger partial charge in [0.1, 0.15) is 0 Å². The number of ether oxygens (including phenoxy) is 1. The van der Waals surface area contributed by atoms with E-state index >= 15 is 0 Å². The predicted molar refractivity (Wildman–Crippen MR) is 110 cm³/mol. The monoisotopic (exact) mass is 403 g/mol. The first-order valence-electron chi connectivity index (χ1n) is 11.1. The number of Topliss-reactive ketones (excluding diaryl/α,β-unsaturated/α-hetero) is 1. The van der Waals surface area contributed by atoms with Crippen molar-refractivity contribution in [1.29, 1.82) is 0 Å². The molecular weight excluding hydrogens is 378 g/mol. The molecule has 1 spiro atoms. The SMILES string of the molecule is O=C1[C@@H](c2ccccc2)C[C@@]2(O)[C@H]3Cc4ccc(O)c5c4[C@@]2(CCN3C2CC2)[C@H]1O5. The van der Waals surface area contributed by atoms with E-state index in [4.69, 9.17) is 4.74 Å². The molecule has 5 atom stereocenters. The van der Waals surface area contributed by atoms with Gasteiger partial charge in [-0.05, 0) is 55.8 Å². The minimum atomic E-state index is -1.06. The number of ketones is 1. The Hall–Kier alpha value is -2.37. The van der Waals surface area contributed by atoms with Gasteiger partial charge in [-0.3, -0.25) is 9.69 Å². The Labute approximate surface area is 175 Å². The Kier molecular flexibility index (Phi) is 3.15. The fraction of sp³-hybridized carbons (Fsp3) is 0.480. The summed E-state index contributed by atoms with van der Waals surface area (Å²) in [5.41, 5.74) is 1.15. The van der Waals surface area contributed by atoms with Gasteiger partial charge in [0.2, 0.25) is 0 Å². The maximum atomic E-state index is 13.8. The van der Waals surface area contributed by atoms with Gasteiger partial charge < -0.3 is 14.9 Å². The molecule has 2 aliphatic heterocycles. The van der Waals surface area contributed by atoms with Crippen LogP contribution < -0.4 is 4.74 Å². The molecule has 2 aromatic rings. The minimum absolute atomic E-state index is 0.0212. The lowest BCUT2D eigenvalue weighted by Crippen LogP contribution is -2.77. The molecule has 2 bridgehead atoms. The lowest BCUT2D eigenvalue weighted by atomic mass is 9.47. The van der Waals surface area contributed by atoms with Crippen molar-refractivity contribution in [3.05, 3.63) is 59.2 Å². The fourth-order valence-corrected chi connectivity index (χ4v) is 7.21. The molecule has 0 unspecified atom stereocenters. The normalized spacial score (nSPS) is 38.8. The molecular formula is C25H25NO4. The maximum absolute atomic E-state index is 13.8. The average Bonchev–Trinajstić information content (AvgIpc) is 3.51. The third kappa shape index (κ3) is 1.85. The molecule has 2 N–H and O–H groups in total. The molecule has 7 rings (SSSR count). The highest BCUT2D eigenvalue weighted by molar-refractivity contribution is 5.95. The van der Waals surface area contributed by atoms with Crippen molar-refractivity contribution >= 4 is 5.78 Å². The lowest BCUT2D eigenvalue weighted by molar-refractivity contribution is -0.193. The summed E-state index contributed by atoms with van der Waals surface area (Å²) >= 11 is 0. The zero-order valence-corrected chi connectivity index (χ0v) is 16.8. The third-order valence-electron chi connectivity index (χ3n) is 8.59. The molecule has 3 aliphatic carbocycles. The van der Waals surface area contributed by atoms with Crippen molar-refractivity contribution in [3.8, 4) is 11.5 Å². The van der Waals surface area contributed by atoms with E-state index in [0.29, 0.717) is 24.6 Å². The molecule has 5 nitrogen and oxygen atoms in total. The zero-order valence-electron chi connectivity index (χ0n) is 16.8. The molecule has 2 aromatic carbocycles. The Morgan fingerprint density at radius 3 is 2.67 bits per heavy atom. The highest BCUT2D eigenvalue weighted by Crippen LogP contribution is 2.66. The van der Waals surface area contributed by atoms with E-state index in [2.05, 4.69) is 4.90 Å². The van der Waals surface area contributed by atoms with Crippen LogP contribution in [0.25, 0.3) is 0 Å². The van der Waals surface area contributed by atoms with Crippen molar-refractivity contribution in [2.75, 3.05) is 6.54 Å². The van der Waals surface area contributed by atoms with Crippen LogP contribution in [0.3, 0.4) is 0 Å². The van der Waals surface area contributed by atoms with Crippen molar-refractivity contribution in [2.24, 2.45) is 0 Å². The largest absolute Gasteiger partial charge is 0.504 e. The van der Waals surface area contributed by atoms with Gasteiger partial charge in [0.25, 0.3) is 0 Å². The highest BCUT2D eigenvalue weighted by atomic mass is 16.5. The van der Waals surface area contributed by atoms with Crippen molar-refractivity contribution in [2.45, 2.75) is 67.2 Å². The topological polar surface area (TPSA) is 70.0 Å². The number of piperidine rings is 1. The second-order valence-corrected chi connectivity index (χ2v) is 9.85. The molecule has 2 heterocycles. The van der Waals surface area contributed by atoms with Gasteiger partial charge in [-0.15, -0.1) is 0 Å². The van der Waals surface area contributed by atoms with Crippen LogP contribution in [0.2, 0.25) is 0 Å². The average molecular weight is 403 g/mol. The van der Waals surface area contributed by atoms with E-state index in [9.17, 15) is 15.0 Å². The molecule has 154 valence electrons. The third-order valence-corrected chi connectivity index (χ3v) is 8.59. The summed E-state index contributed by atoms with van der Waals surface area (Å²) in [7, 11) is 0. The van der Waals surface area contributed by atoms with E-state index < -0.39 is 23.0 Å². The molecule has 1 saturated heterocycles. The smallest absolute Gasteiger partial charge is 0.181 e. The lowest BCUT2D eigenvalue weighted by Gasteiger charge is -2.63. The van der Waals surface area contributed by atoms with Crippen LogP contribution in [0.4, 0.5) is 0 Å². The first-order chi connectivity index (χ1) is 14.5. The number of rotatable bonds is 2. The van der Waals surface area contributed by atoms with Gasteiger partial charge in [-0.25, -0.2) is 0 Å². The van der Waals surface area contributed by atoms with E-state index in [-0.39, 0.29) is 17.6 Å². The molecule has 2 saturated carbocycles. The standard InChI is InChI=1S/C25H25NO4/c27-18-9-6-15-12-19-25(29)13-17(14-4-2-1-3-5-14)21(28)23-24(25,20(15)22(18)30-23)10-11-26(19)16-7-8-16/h1-6,9,16-17,19,23,27,29H,7-8,10-13H2/t17-,19-,23+,24+,25-/m1/s1. The molecule has 0 aromatic heterocycles. The van der Waals surface area contributed by atoms with Crippen LogP contribution in [0.15, 0.2) is 42.5 Å². The Bertz CT molecular complexity index is 1080. The fourth-order valence-electron chi connectivity index (χ4n) is 7.21. The maximum Gasteiger partial charge on any atom is 0.181 e. The summed E-state index contributed by atoms with van der Waals surface area (Å²) < 4.78 is 6.27. The van der Waals surface area contributed by atoms with Gasteiger partial charge in [-0.1, -0.05) is 36.4 Å². The molecule has 0 radical (unpaired) electrons. The predicted octanol–water partition coefficient (Wildman–Crippen LogP) is 2.67. The summed E-state index contributed by atoms with van der Waals surface area (Å²) in [6, 6.07) is 14.0. The van der Waals surface area contributed by atoms with Crippen molar-refractivity contribution in [1.82, 2.24) is 4.90 Å². The summed E-state index contributed by atoms with van der Waals surface area (Å²) in [5, 5.41) is 23.1. The molecule has 30 heavy (non-hydrogen) atoms. The van der Waals surface area contributed by atoms with Crippen LogP contribution in [0.5, 0.6) is 11.5 Å². The van der Waals surface area contributed by atoms with Crippen LogP contribution in [-0.2, 0) is 16.6 Å². The molecule has 5 aliphatic rings. The number of carbonyl (C=O) groups is 1. The number of nitrogens with zero attached hydrogens (tertiary/aromatic N) is 1. The van der Waals surface area contributed by atoms with Gasteiger partial charge >= 0.3 is 0 Å². The second kappa shape index (κ2) is 5.45. The number of aliphatic hydroxyl groups is 1. The summed E-state index contributed by atoms with van der Waals surface area (Å²) in [6.07, 6.45) is 3.48. The van der Waals surface area contributed by atoms with Crippen LogP contribution in [-0.4, -0.2) is 51.2 Å². The minimum Gasteiger partial charge on any atom is -0.504 e. The number of benzene rings is 2. The quantitative estimate of drug-likeness (QED) is 0.807. The van der Waals surface area contributed by atoms with Gasteiger partial charge in [-0.2, -0.15) is 0 Å². The van der Waals surface area contributed by atoms with Crippen LogP contribution >= 0.6 is 0 Å². The van der Waals surface area contributed by atoms with Crippen molar-refractivity contribution in [3.63, 3.8) is 0 Å². The van der Waals surface area contributed by atoms with Gasteiger partial charge in [0, 0.05) is 23.6 Å². The Morgan fingerprint density at radius 2 is 1.90 bits per heavy atom. The molecule has 5 heteroatoms. The van der Waals surface area contributed by atoms with E-state index in [1.165, 1.54) is 12.8 Å². The van der Waals surface area contributed by atoms with E-state index in [1.54, 1.807) is 6.07 Å². The summed E-state index contributed by atoms with van der Waals surface area (Å²) in [5.74, 6) is 0.144. The zero-order chi connectivity index (χ0) is 20.3. The van der Waals surface area contributed by atoms with Crippen LogP contribution in [0.1, 0.15) is 48.3 Å². The number of aromatic hydroxyl groups is 1. The van der Waals surface area contributed by atoms with Crippen LogP contribution in [0, 0.1) is 0 Å². The second-order valence-electron chi connectivity index (χ2n) is 9.85. The van der Waals surface area contributed by atoms with E-state index in [0.717, 1.165) is 29.7 Å². The first-order valence-corrected chi connectivity index (χ1v) is 11.1. The number of hydrogen-bond donors (Lipinski definition) is 2. The number of likely N-dealkylation sites (tertiary alicyclic amines) is 1. The Morgan fingerprint density at radius 1 is 1.10 bits per heavy atom. The molecule has 3 fully saturated rings.